The van der Waals surface area contributed by atoms with E-state index in [9.17, 15) is 14.0 Å². The van der Waals surface area contributed by atoms with Gasteiger partial charge in [0.2, 0.25) is 0 Å². The van der Waals surface area contributed by atoms with E-state index in [-0.39, 0.29) is 11.1 Å². The largest absolute Gasteiger partial charge is 0.465 e. The van der Waals surface area contributed by atoms with Crippen molar-refractivity contribution in [2.75, 3.05) is 7.11 Å². The minimum Gasteiger partial charge on any atom is -0.465 e. The van der Waals surface area contributed by atoms with Gasteiger partial charge in [-0.2, -0.15) is 0 Å². The molecule has 0 radical (unpaired) electrons. The third-order valence-corrected chi connectivity index (χ3v) is 2.36. The number of esters is 2. The molecule has 110 valence electrons. The van der Waals surface area contributed by atoms with E-state index in [2.05, 4.69) is 4.74 Å². The lowest BCUT2D eigenvalue weighted by Crippen LogP contribution is -2.31. The van der Waals surface area contributed by atoms with Gasteiger partial charge in [0, 0.05) is 0 Å². The monoisotopic (exact) mass is 283 g/mol. The molecule has 0 aliphatic heterocycles. The highest BCUT2D eigenvalue weighted by Crippen LogP contribution is 2.19. The van der Waals surface area contributed by atoms with E-state index >= 15 is 0 Å². The third kappa shape index (κ3) is 4.31. The topological polar surface area (TPSA) is 78.6 Å². The number of methoxy groups -OCH3 is 1. The van der Waals surface area contributed by atoms with E-state index in [0.717, 1.165) is 12.1 Å². The lowest BCUT2D eigenvalue weighted by Gasteiger charge is -2.22. The summed E-state index contributed by atoms with van der Waals surface area (Å²) in [6, 6.07) is 2.23. The molecule has 0 saturated carbocycles. The second-order valence-corrected chi connectivity index (χ2v) is 5.28. The van der Waals surface area contributed by atoms with E-state index in [0.29, 0.717) is 0 Å². The van der Waals surface area contributed by atoms with Gasteiger partial charge in [0.05, 0.1) is 12.7 Å². The first-order valence-corrected chi connectivity index (χ1v) is 6.01. The highest BCUT2D eigenvalue weighted by Gasteiger charge is 2.24. The Bertz CT molecular complexity index is 522. The van der Waals surface area contributed by atoms with Gasteiger partial charge >= 0.3 is 11.9 Å². The molecule has 0 aliphatic carbocycles. The fourth-order valence-electron chi connectivity index (χ4n) is 1.53. The number of halogens is 1. The first-order valence-electron chi connectivity index (χ1n) is 6.01. The number of benzene rings is 1. The van der Waals surface area contributed by atoms with Crippen molar-refractivity contribution >= 4 is 11.9 Å². The molecule has 5 nitrogen and oxygen atoms in total. The van der Waals surface area contributed by atoms with Crippen LogP contribution in [0.25, 0.3) is 0 Å². The number of rotatable bonds is 3. The molecule has 2 N–H and O–H groups in total. The summed E-state index contributed by atoms with van der Waals surface area (Å²) in [5, 5.41) is 0. The van der Waals surface area contributed by atoms with Crippen LogP contribution >= 0.6 is 0 Å². The Hall–Kier alpha value is -1.95. The molecule has 0 saturated heterocycles. The van der Waals surface area contributed by atoms with Crippen LogP contribution < -0.4 is 5.73 Å². The fraction of sp³-hybridized carbons (Fsp3) is 0.429. The van der Waals surface area contributed by atoms with Crippen molar-refractivity contribution in [3.05, 3.63) is 35.1 Å². The molecular weight excluding hydrogens is 265 g/mol. The average Bonchev–Trinajstić information content (AvgIpc) is 2.34. The Morgan fingerprint density at radius 3 is 2.35 bits per heavy atom. The van der Waals surface area contributed by atoms with Crippen molar-refractivity contribution in [1.82, 2.24) is 0 Å². The summed E-state index contributed by atoms with van der Waals surface area (Å²) in [6.45, 7) is 5.09. The third-order valence-electron chi connectivity index (χ3n) is 2.36. The number of carbonyl (C=O) groups excluding carboxylic acids is 2. The zero-order valence-corrected chi connectivity index (χ0v) is 11.9. The minimum absolute atomic E-state index is 0.0125. The zero-order chi connectivity index (χ0) is 15.5. The molecule has 0 aromatic heterocycles. The van der Waals surface area contributed by atoms with E-state index in [1.807, 2.05) is 0 Å². The predicted octanol–water partition coefficient (Wildman–Crippen LogP) is 1.95. The number of ether oxygens (including phenoxy) is 2. The predicted molar refractivity (Wildman–Crippen MR) is 70.5 cm³/mol. The molecular formula is C14H18FNO4. The number of carbonyl (C=O) groups is 2. The summed E-state index contributed by atoms with van der Waals surface area (Å²) in [5.74, 6) is -2.08. The number of nitrogens with two attached hydrogens (primary N) is 1. The molecule has 0 amide bonds. The first kappa shape index (κ1) is 16.1. The summed E-state index contributed by atoms with van der Waals surface area (Å²) >= 11 is 0. The van der Waals surface area contributed by atoms with E-state index in [4.69, 9.17) is 10.5 Å². The van der Waals surface area contributed by atoms with Crippen LogP contribution in [0.5, 0.6) is 0 Å². The molecule has 0 heterocycles. The molecule has 6 heteroatoms. The quantitative estimate of drug-likeness (QED) is 0.858. The standard InChI is InChI=1S/C14H18FNO4/c1-14(2,3)20-13(18)11(16)8-5-9(12(17)19-4)7-10(15)6-8/h5-7,11H,16H2,1-4H3. The first-order chi connectivity index (χ1) is 9.14. The van der Waals surface area contributed by atoms with E-state index in [1.54, 1.807) is 20.8 Å². The molecule has 0 bridgehead atoms. The van der Waals surface area contributed by atoms with Gasteiger partial charge in [-0.3, -0.25) is 0 Å². The van der Waals surface area contributed by atoms with Crippen LogP contribution in [0, 0.1) is 5.82 Å². The maximum atomic E-state index is 13.5. The van der Waals surface area contributed by atoms with Crippen LogP contribution in [-0.2, 0) is 14.3 Å². The Balaban J connectivity index is 3.04. The molecule has 1 aromatic carbocycles. The molecule has 20 heavy (non-hydrogen) atoms. The van der Waals surface area contributed by atoms with Gasteiger partial charge in [0.25, 0.3) is 0 Å². The molecule has 1 aromatic rings. The fourth-order valence-corrected chi connectivity index (χ4v) is 1.53. The van der Waals surface area contributed by atoms with Crippen molar-refractivity contribution in [3.63, 3.8) is 0 Å². The van der Waals surface area contributed by atoms with Gasteiger partial charge in [-0.1, -0.05) is 0 Å². The van der Waals surface area contributed by atoms with Crippen LogP contribution in [0.1, 0.15) is 42.7 Å². The smallest absolute Gasteiger partial charge is 0.337 e. The number of hydrogen-bond acceptors (Lipinski definition) is 5. The van der Waals surface area contributed by atoms with Gasteiger partial charge in [-0.25, -0.2) is 14.0 Å². The van der Waals surface area contributed by atoms with Crippen molar-refractivity contribution in [2.24, 2.45) is 5.73 Å². The molecule has 1 unspecified atom stereocenters. The summed E-state index contributed by atoms with van der Waals surface area (Å²) < 4.78 is 23.1. The lowest BCUT2D eigenvalue weighted by molar-refractivity contribution is -0.156. The SMILES string of the molecule is COC(=O)c1cc(F)cc(C(N)C(=O)OC(C)(C)C)c1. The molecule has 1 rings (SSSR count). The zero-order valence-electron chi connectivity index (χ0n) is 11.9. The van der Waals surface area contributed by atoms with Crippen LogP contribution in [0.2, 0.25) is 0 Å². The van der Waals surface area contributed by atoms with Crippen LogP contribution in [0.3, 0.4) is 0 Å². The molecule has 1 atom stereocenters. The highest BCUT2D eigenvalue weighted by atomic mass is 19.1. The second-order valence-electron chi connectivity index (χ2n) is 5.28. The molecule has 0 fully saturated rings. The Morgan fingerprint density at radius 1 is 1.25 bits per heavy atom. The second kappa shape index (κ2) is 6.00. The van der Waals surface area contributed by atoms with Gasteiger partial charge < -0.3 is 15.2 Å². The Kier molecular flexibility index (Phi) is 4.83. The van der Waals surface area contributed by atoms with E-state index in [1.165, 1.54) is 13.2 Å². The average molecular weight is 283 g/mol. The van der Waals surface area contributed by atoms with Crippen molar-refractivity contribution in [2.45, 2.75) is 32.4 Å². The van der Waals surface area contributed by atoms with Gasteiger partial charge in [0.1, 0.15) is 17.5 Å². The van der Waals surface area contributed by atoms with Crippen molar-refractivity contribution < 1.29 is 23.5 Å². The summed E-state index contributed by atoms with van der Waals surface area (Å²) in [7, 11) is 1.18. The van der Waals surface area contributed by atoms with Gasteiger partial charge in [0.15, 0.2) is 0 Å². The van der Waals surface area contributed by atoms with Crippen molar-refractivity contribution in [3.8, 4) is 0 Å². The lowest BCUT2D eigenvalue weighted by atomic mass is 10.0. The Morgan fingerprint density at radius 2 is 1.85 bits per heavy atom. The normalized spacial score (nSPS) is 12.7. The van der Waals surface area contributed by atoms with Crippen molar-refractivity contribution in [1.29, 1.82) is 0 Å². The van der Waals surface area contributed by atoms with Crippen LogP contribution in [0.4, 0.5) is 4.39 Å². The summed E-state index contributed by atoms with van der Waals surface area (Å²) in [6.07, 6.45) is 0. The summed E-state index contributed by atoms with van der Waals surface area (Å²) in [4.78, 5) is 23.2. The van der Waals surface area contributed by atoms with Crippen LogP contribution in [0.15, 0.2) is 18.2 Å². The number of hydrogen-bond donors (Lipinski definition) is 1. The molecule has 0 aliphatic rings. The Labute approximate surface area is 116 Å². The summed E-state index contributed by atoms with van der Waals surface area (Å²) in [5.41, 5.74) is 5.17. The van der Waals surface area contributed by atoms with Gasteiger partial charge in [-0.05, 0) is 44.5 Å². The highest BCUT2D eigenvalue weighted by molar-refractivity contribution is 5.90. The van der Waals surface area contributed by atoms with Crippen LogP contribution in [-0.4, -0.2) is 24.6 Å². The van der Waals surface area contributed by atoms with E-state index < -0.39 is 29.4 Å². The maximum Gasteiger partial charge on any atom is 0.337 e. The molecule has 0 spiro atoms. The maximum absolute atomic E-state index is 13.5. The minimum atomic E-state index is -1.17. The van der Waals surface area contributed by atoms with Gasteiger partial charge in [-0.15, -0.1) is 0 Å².